The Kier molecular flexibility index (Phi) is 4.72. The summed E-state index contributed by atoms with van der Waals surface area (Å²) in [6.07, 6.45) is 9.78. The molecule has 1 saturated heterocycles. The number of nitrogens with zero attached hydrogens (tertiary/aromatic N) is 3. The van der Waals surface area contributed by atoms with Crippen molar-refractivity contribution in [2.45, 2.75) is 69.4 Å². The molecule has 4 aliphatic carbocycles. The topological polar surface area (TPSA) is 81.6 Å². The van der Waals surface area contributed by atoms with E-state index in [1.807, 2.05) is 18.0 Å². The molecule has 2 aromatic rings. The van der Waals surface area contributed by atoms with Crippen LogP contribution in [0.5, 0.6) is 5.75 Å². The quantitative estimate of drug-likeness (QED) is 0.689. The van der Waals surface area contributed by atoms with Crippen molar-refractivity contribution in [2.24, 2.45) is 30.2 Å². The minimum absolute atomic E-state index is 0.0377. The molecule has 0 radical (unpaired) electrons. The first-order chi connectivity index (χ1) is 17.2. The average molecular weight is 491 g/mol. The molecule has 0 spiro atoms. The molecule has 7 nitrogen and oxygen atoms in total. The molecule has 2 heterocycles. The number of phenols is 1. The number of aryl methyl sites for hydroxylation is 1. The molecule has 4 fully saturated rings. The number of likely N-dealkylation sites (tertiary alicyclic amines) is 1. The molecule has 6 atom stereocenters. The van der Waals surface area contributed by atoms with Crippen molar-refractivity contribution in [3.63, 3.8) is 0 Å². The molecule has 7 heteroatoms. The molecule has 1 aromatic carbocycles. The number of amides is 1. The molecule has 5 aliphatic rings. The third-order valence-electron chi connectivity index (χ3n) is 11.0. The lowest BCUT2D eigenvalue weighted by Crippen LogP contribution is -2.70. The Morgan fingerprint density at radius 2 is 2.06 bits per heavy atom. The van der Waals surface area contributed by atoms with Crippen LogP contribution in [0.25, 0.3) is 0 Å². The summed E-state index contributed by atoms with van der Waals surface area (Å²) >= 11 is 0. The van der Waals surface area contributed by atoms with E-state index in [-0.39, 0.29) is 33.9 Å². The zero-order valence-electron chi connectivity index (χ0n) is 21.7. The van der Waals surface area contributed by atoms with Crippen LogP contribution in [0.4, 0.5) is 0 Å². The van der Waals surface area contributed by atoms with Gasteiger partial charge in [0.05, 0.1) is 0 Å². The molecule has 7 rings (SSSR count). The predicted molar refractivity (Wildman–Crippen MR) is 137 cm³/mol. The van der Waals surface area contributed by atoms with E-state index in [1.54, 1.807) is 17.9 Å². The number of carbonyl (C=O) groups is 1. The molecule has 1 aromatic heterocycles. The predicted octanol–water partition coefficient (Wildman–Crippen LogP) is 3.27. The summed E-state index contributed by atoms with van der Waals surface area (Å²) in [7, 11) is 3.65. The normalized spacial score (nSPS) is 36.9. The highest BCUT2D eigenvalue weighted by Crippen LogP contribution is 2.74. The van der Waals surface area contributed by atoms with Crippen LogP contribution >= 0.6 is 0 Å². The molecule has 4 bridgehead atoms. The Morgan fingerprint density at radius 1 is 1.25 bits per heavy atom. The first-order valence-electron chi connectivity index (χ1n) is 13.8. The number of H-pyrrole nitrogens is 1. The highest BCUT2D eigenvalue weighted by molar-refractivity contribution is 5.93. The third-order valence-corrected chi connectivity index (χ3v) is 11.0. The number of hydrogen-bond donors (Lipinski definition) is 2. The van der Waals surface area contributed by atoms with Crippen LogP contribution in [0.15, 0.2) is 29.2 Å². The second kappa shape index (κ2) is 7.50. The number of nitrogens with one attached hydrogen (secondary N) is 1. The standard InChI is InChI=1S/C29H38N4O3/c1-17-14-28-9-8-23(32(3)27(36)21-16-31(2)30-26(21)35)25(17)29(28)10-11-33(15-18-4-5-18)24(28)12-19-6-7-20(34)13-22(19)29/h6-7,13,16-18,23-25,34H,4-5,8-12,14-15H2,1-3H3,(H,30,35)/t17-,23?,24?,25?,28?,29?/m0/s1. The Bertz CT molecular complexity index is 1290. The van der Waals surface area contributed by atoms with Gasteiger partial charge >= 0.3 is 0 Å². The Hall–Kier alpha value is -2.54. The lowest BCUT2D eigenvalue weighted by molar-refractivity contribution is -0.105. The van der Waals surface area contributed by atoms with E-state index in [0.29, 0.717) is 23.6 Å². The van der Waals surface area contributed by atoms with Gasteiger partial charge in [-0.1, -0.05) is 13.0 Å². The van der Waals surface area contributed by atoms with Crippen molar-refractivity contribution >= 4 is 5.91 Å². The van der Waals surface area contributed by atoms with E-state index >= 15 is 0 Å². The van der Waals surface area contributed by atoms with E-state index in [4.69, 9.17) is 0 Å². The number of fused-ring (bicyclic) bond motifs is 1. The summed E-state index contributed by atoms with van der Waals surface area (Å²) in [6, 6.07) is 6.70. The number of piperidine rings is 1. The second-order valence-corrected chi connectivity index (χ2v) is 12.7. The zero-order valence-corrected chi connectivity index (χ0v) is 21.7. The van der Waals surface area contributed by atoms with E-state index in [1.165, 1.54) is 36.9 Å². The van der Waals surface area contributed by atoms with E-state index in [2.05, 4.69) is 29.1 Å². The summed E-state index contributed by atoms with van der Waals surface area (Å²) in [5, 5.41) is 13.3. The van der Waals surface area contributed by atoms with Crippen LogP contribution in [-0.2, 0) is 18.9 Å². The van der Waals surface area contributed by atoms with Gasteiger partial charge in [-0.3, -0.25) is 24.3 Å². The fourth-order valence-electron chi connectivity index (χ4n) is 9.72. The smallest absolute Gasteiger partial charge is 0.276 e. The Labute approximate surface area is 212 Å². The summed E-state index contributed by atoms with van der Waals surface area (Å²) in [6.45, 7) is 4.73. The number of aromatic nitrogens is 2. The Morgan fingerprint density at radius 3 is 2.78 bits per heavy atom. The van der Waals surface area contributed by atoms with Crippen molar-refractivity contribution in [1.82, 2.24) is 19.6 Å². The van der Waals surface area contributed by atoms with Crippen molar-refractivity contribution in [1.29, 1.82) is 0 Å². The van der Waals surface area contributed by atoms with Gasteiger partial charge in [0.25, 0.3) is 11.5 Å². The van der Waals surface area contributed by atoms with Crippen LogP contribution in [0, 0.1) is 23.2 Å². The van der Waals surface area contributed by atoms with Crippen molar-refractivity contribution in [2.75, 3.05) is 20.1 Å². The summed E-state index contributed by atoms with van der Waals surface area (Å²) < 4.78 is 1.56. The number of rotatable bonds is 4. The lowest BCUT2D eigenvalue weighted by atomic mass is 9.43. The number of aromatic amines is 1. The van der Waals surface area contributed by atoms with Crippen LogP contribution < -0.4 is 5.56 Å². The van der Waals surface area contributed by atoms with Crippen LogP contribution in [0.3, 0.4) is 0 Å². The summed E-state index contributed by atoms with van der Waals surface area (Å²) in [4.78, 5) is 30.8. The van der Waals surface area contributed by atoms with Gasteiger partial charge in [-0.2, -0.15) is 0 Å². The number of aromatic hydroxyl groups is 1. The first kappa shape index (κ1) is 22.6. The van der Waals surface area contributed by atoms with Gasteiger partial charge in [-0.05, 0) is 97.9 Å². The van der Waals surface area contributed by atoms with Gasteiger partial charge in [-0.15, -0.1) is 0 Å². The zero-order chi connectivity index (χ0) is 25.0. The minimum Gasteiger partial charge on any atom is -0.508 e. The molecule has 5 unspecified atom stereocenters. The largest absolute Gasteiger partial charge is 0.508 e. The van der Waals surface area contributed by atoms with Gasteiger partial charge in [0.1, 0.15) is 11.3 Å². The molecule has 1 amide bonds. The minimum atomic E-state index is -0.321. The van der Waals surface area contributed by atoms with Crippen molar-refractivity contribution < 1.29 is 9.90 Å². The van der Waals surface area contributed by atoms with E-state index in [0.717, 1.165) is 38.1 Å². The monoisotopic (exact) mass is 490 g/mol. The van der Waals surface area contributed by atoms with E-state index in [9.17, 15) is 14.7 Å². The summed E-state index contributed by atoms with van der Waals surface area (Å²) in [5.74, 6) is 1.83. The second-order valence-electron chi connectivity index (χ2n) is 12.7. The Balaban J connectivity index is 1.34. The maximum absolute atomic E-state index is 13.6. The summed E-state index contributed by atoms with van der Waals surface area (Å²) in [5.41, 5.74) is 2.79. The highest BCUT2D eigenvalue weighted by Gasteiger charge is 2.73. The first-order valence-corrected chi connectivity index (χ1v) is 13.8. The number of benzene rings is 1. The fourth-order valence-corrected chi connectivity index (χ4v) is 9.72. The lowest BCUT2D eigenvalue weighted by Gasteiger charge is -2.67. The van der Waals surface area contributed by atoms with Gasteiger partial charge in [-0.25, -0.2) is 0 Å². The maximum Gasteiger partial charge on any atom is 0.276 e. The number of phenolic OH excluding ortho intramolecular Hbond substituents is 1. The highest BCUT2D eigenvalue weighted by atomic mass is 16.3. The van der Waals surface area contributed by atoms with Crippen LogP contribution in [0.1, 0.15) is 66.9 Å². The molecular weight excluding hydrogens is 452 g/mol. The van der Waals surface area contributed by atoms with Gasteiger partial charge in [0, 0.05) is 44.3 Å². The van der Waals surface area contributed by atoms with Crippen LogP contribution in [0.2, 0.25) is 0 Å². The number of carbonyl (C=O) groups excluding carboxylic acids is 1. The molecule has 1 aliphatic heterocycles. The molecule has 192 valence electrons. The fraction of sp³-hybridized carbons (Fsp3) is 0.655. The van der Waals surface area contributed by atoms with Gasteiger partial charge in [0.2, 0.25) is 0 Å². The SMILES string of the molecule is C[C@H]1CC23CCC(N(C)C(=O)c4cn(C)[nH]c4=O)C1C21CCN(CC2CC2)C3Cc2ccc(O)cc21. The molecule has 2 N–H and O–H groups in total. The van der Waals surface area contributed by atoms with Gasteiger partial charge < -0.3 is 10.0 Å². The maximum atomic E-state index is 13.6. The third kappa shape index (κ3) is 2.84. The molecular formula is C29H38N4O3. The van der Waals surface area contributed by atoms with E-state index < -0.39 is 0 Å². The van der Waals surface area contributed by atoms with Crippen molar-refractivity contribution in [3.05, 3.63) is 51.4 Å². The molecule has 3 saturated carbocycles. The number of hydrogen-bond acceptors (Lipinski definition) is 4. The molecule has 36 heavy (non-hydrogen) atoms. The van der Waals surface area contributed by atoms with Gasteiger partial charge in [0.15, 0.2) is 0 Å². The average Bonchev–Trinajstić information content (AvgIpc) is 3.56. The van der Waals surface area contributed by atoms with Crippen LogP contribution in [-0.4, -0.2) is 62.8 Å². The van der Waals surface area contributed by atoms with Crippen molar-refractivity contribution in [3.8, 4) is 5.75 Å².